The fraction of sp³-hybridized carbons (Fsp3) is 0.419. The Morgan fingerprint density at radius 1 is 0.895 bits per heavy atom. The highest BCUT2D eigenvalue weighted by Crippen LogP contribution is 2.41. The molecule has 38 heavy (non-hydrogen) atoms. The molecular formula is C31H37N3O3S. The van der Waals surface area contributed by atoms with Crippen LogP contribution in [0.1, 0.15) is 91.5 Å². The zero-order chi connectivity index (χ0) is 28.2. The first kappa shape index (κ1) is 27.7. The van der Waals surface area contributed by atoms with Gasteiger partial charge in [0.1, 0.15) is 5.75 Å². The number of rotatable bonds is 3. The standard InChI is InChI=1S/C31H37N3O3S/c1-18(35)37-25-22(30(5,6)7)15-19(16-23(25)31(8,9)10)17-24-27(36)34-28(38-24)32-26(33-34)20-11-13-21(14-12-20)29(2,3)4/h11-17H,1-10H3/b24-17-. The van der Waals surface area contributed by atoms with Crippen LogP contribution in [0.25, 0.3) is 22.4 Å². The Bertz CT molecular complexity index is 1590. The van der Waals surface area contributed by atoms with E-state index in [1.165, 1.54) is 28.3 Å². The summed E-state index contributed by atoms with van der Waals surface area (Å²) in [6.07, 6.45) is 1.88. The summed E-state index contributed by atoms with van der Waals surface area (Å²) < 4.78 is 7.67. The van der Waals surface area contributed by atoms with Gasteiger partial charge in [0.15, 0.2) is 5.82 Å². The lowest BCUT2D eigenvalue weighted by Crippen LogP contribution is -2.24. The minimum absolute atomic E-state index is 0.0591. The van der Waals surface area contributed by atoms with E-state index in [0.717, 1.165) is 22.3 Å². The smallest absolute Gasteiger partial charge is 0.308 e. The molecule has 0 saturated heterocycles. The third-order valence-electron chi connectivity index (χ3n) is 6.46. The van der Waals surface area contributed by atoms with Crippen molar-refractivity contribution in [3.63, 3.8) is 0 Å². The lowest BCUT2D eigenvalue weighted by Gasteiger charge is -2.29. The van der Waals surface area contributed by atoms with Crippen molar-refractivity contribution in [2.45, 2.75) is 85.5 Å². The number of aromatic nitrogens is 3. The van der Waals surface area contributed by atoms with Crippen LogP contribution in [0.5, 0.6) is 5.75 Å². The summed E-state index contributed by atoms with van der Waals surface area (Å²) in [5.74, 6) is 0.784. The molecule has 6 nitrogen and oxygen atoms in total. The molecule has 0 radical (unpaired) electrons. The van der Waals surface area contributed by atoms with E-state index in [4.69, 9.17) is 4.74 Å². The molecule has 0 aliphatic carbocycles. The van der Waals surface area contributed by atoms with Crippen LogP contribution in [0.3, 0.4) is 0 Å². The van der Waals surface area contributed by atoms with Gasteiger partial charge in [0.25, 0.3) is 5.56 Å². The number of hydrogen-bond acceptors (Lipinski definition) is 6. The Kier molecular flexibility index (Phi) is 6.89. The van der Waals surface area contributed by atoms with Gasteiger partial charge >= 0.3 is 5.97 Å². The lowest BCUT2D eigenvalue weighted by atomic mass is 9.78. The van der Waals surface area contributed by atoms with Crippen molar-refractivity contribution in [2.24, 2.45) is 0 Å². The normalized spacial score (nSPS) is 13.4. The Balaban J connectivity index is 1.83. The highest BCUT2D eigenvalue weighted by molar-refractivity contribution is 7.15. The molecule has 0 fully saturated rings. The molecule has 2 aromatic carbocycles. The number of benzene rings is 2. The van der Waals surface area contributed by atoms with Gasteiger partial charge in [-0.3, -0.25) is 9.59 Å². The monoisotopic (exact) mass is 531 g/mol. The summed E-state index contributed by atoms with van der Waals surface area (Å²) in [6.45, 7) is 20.5. The van der Waals surface area contributed by atoms with Gasteiger partial charge in [0, 0.05) is 23.6 Å². The molecule has 0 amide bonds. The Morgan fingerprint density at radius 3 is 1.89 bits per heavy atom. The first-order chi connectivity index (χ1) is 17.4. The SMILES string of the molecule is CC(=O)Oc1c(C(C)(C)C)cc(/C=c2\sc3nc(-c4ccc(C(C)(C)C)cc4)nn3c2=O)cc1C(C)(C)C. The van der Waals surface area contributed by atoms with Crippen LogP contribution in [0.15, 0.2) is 41.2 Å². The van der Waals surface area contributed by atoms with E-state index in [-0.39, 0.29) is 27.8 Å². The quantitative estimate of drug-likeness (QED) is 0.233. The highest BCUT2D eigenvalue weighted by Gasteiger charge is 2.28. The van der Waals surface area contributed by atoms with Crippen LogP contribution in [0.4, 0.5) is 0 Å². The molecule has 0 unspecified atom stereocenters. The third kappa shape index (κ3) is 5.58. The van der Waals surface area contributed by atoms with Crippen molar-refractivity contribution in [1.29, 1.82) is 0 Å². The zero-order valence-corrected chi connectivity index (χ0v) is 24.8. The second kappa shape index (κ2) is 9.45. The summed E-state index contributed by atoms with van der Waals surface area (Å²) in [4.78, 5) is 30.5. The average molecular weight is 532 g/mol. The summed E-state index contributed by atoms with van der Waals surface area (Å²) in [6, 6.07) is 12.2. The maximum absolute atomic E-state index is 13.3. The molecule has 200 valence electrons. The van der Waals surface area contributed by atoms with Crippen molar-refractivity contribution < 1.29 is 9.53 Å². The van der Waals surface area contributed by atoms with Crippen LogP contribution in [-0.2, 0) is 21.0 Å². The second-order valence-corrected chi connectivity index (χ2v) is 13.9. The molecular weight excluding hydrogens is 494 g/mol. The summed E-state index contributed by atoms with van der Waals surface area (Å²) in [5.41, 5.74) is 4.11. The molecule has 0 aliphatic heterocycles. The Labute approximate surface area is 228 Å². The van der Waals surface area contributed by atoms with E-state index in [1.54, 1.807) is 0 Å². The fourth-order valence-corrected chi connectivity index (χ4v) is 5.24. The first-order valence-electron chi connectivity index (χ1n) is 12.8. The number of nitrogens with zero attached hydrogens (tertiary/aromatic N) is 3. The molecule has 4 aromatic rings. The third-order valence-corrected chi connectivity index (χ3v) is 7.42. The molecule has 0 atom stereocenters. The van der Waals surface area contributed by atoms with Gasteiger partial charge in [0.2, 0.25) is 4.96 Å². The number of esters is 1. The molecule has 7 heteroatoms. The van der Waals surface area contributed by atoms with Crippen LogP contribution in [-0.4, -0.2) is 20.6 Å². The van der Waals surface area contributed by atoms with Crippen molar-refractivity contribution in [3.05, 3.63) is 73.5 Å². The van der Waals surface area contributed by atoms with E-state index in [9.17, 15) is 9.59 Å². The van der Waals surface area contributed by atoms with E-state index in [1.807, 2.05) is 30.3 Å². The van der Waals surface area contributed by atoms with Crippen molar-refractivity contribution >= 4 is 28.3 Å². The molecule has 0 N–H and O–H groups in total. The number of hydrogen-bond donors (Lipinski definition) is 0. The number of carbonyl (C=O) groups excluding carboxylic acids is 1. The topological polar surface area (TPSA) is 73.6 Å². The lowest BCUT2D eigenvalue weighted by molar-refractivity contribution is -0.132. The van der Waals surface area contributed by atoms with Crippen LogP contribution in [0.2, 0.25) is 0 Å². The number of carbonyl (C=O) groups is 1. The van der Waals surface area contributed by atoms with E-state index < -0.39 is 0 Å². The van der Waals surface area contributed by atoms with Gasteiger partial charge < -0.3 is 4.74 Å². The highest BCUT2D eigenvalue weighted by atomic mass is 32.1. The average Bonchev–Trinajstić information content (AvgIpc) is 3.31. The Morgan fingerprint density at radius 2 is 1.45 bits per heavy atom. The van der Waals surface area contributed by atoms with Gasteiger partial charge in [-0.1, -0.05) is 97.9 Å². The summed E-state index contributed by atoms with van der Waals surface area (Å²) in [5, 5.41) is 4.52. The largest absolute Gasteiger partial charge is 0.426 e. The fourth-order valence-electron chi connectivity index (χ4n) is 4.33. The van der Waals surface area contributed by atoms with Crippen molar-refractivity contribution in [3.8, 4) is 17.1 Å². The maximum atomic E-state index is 13.3. The van der Waals surface area contributed by atoms with Gasteiger partial charge in [-0.05, 0) is 45.6 Å². The predicted octanol–water partition coefficient (Wildman–Crippen LogP) is 6.18. The minimum Gasteiger partial charge on any atom is -0.426 e. The van der Waals surface area contributed by atoms with Gasteiger partial charge in [-0.15, -0.1) is 5.10 Å². The molecule has 4 rings (SSSR count). The van der Waals surface area contributed by atoms with Crippen molar-refractivity contribution in [1.82, 2.24) is 14.6 Å². The molecule has 0 aliphatic rings. The van der Waals surface area contributed by atoms with E-state index in [0.29, 0.717) is 21.1 Å². The second-order valence-electron chi connectivity index (χ2n) is 12.9. The van der Waals surface area contributed by atoms with Crippen molar-refractivity contribution in [2.75, 3.05) is 0 Å². The molecule has 0 spiro atoms. The first-order valence-corrected chi connectivity index (χ1v) is 13.7. The minimum atomic E-state index is -0.353. The van der Waals surface area contributed by atoms with Crippen LogP contribution >= 0.6 is 11.3 Å². The van der Waals surface area contributed by atoms with E-state index in [2.05, 4.69) is 84.5 Å². The Hall–Kier alpha value is -3.32. The van der Waals surface area contributed by atoms with Gasteiger partial charge in [0.05, 0.1) is 4.53 Å². The predicted molar refractivity (Wildman–Crippen MR) is 155 cm³/mol. The summed E-state index contributed by atoms with van der Waals surface area (Å²) in [7, 11) is 0. The molecule has 0 bridgehead atoms. The summed E-state index contributed by atoms with van der Waals surface area (Å²) >= 11 is 1.32. The van der Waals surface area contributed by atoms with E-state index >= 15 is 0 Å². The van der Waals surface area contributed by atoms with Gasteiger partial charge in [-0.25, -0.2) is 0 Å². The molecule has 2 aromatic heterocycles. The maximum Gasteiger partial charge on any atom is 0.308 e. The molecule has 0 saturated carbocycles. The number of ether oxygens (including phenoxy) is 1. The molecule has 2 heterocycles. The number of thiazole rings is 1. The van der Waals surface area contributed by atoms with Crippen LogP contribution < -0.4 is 14.8 Å². The van der Waals surface area contributed by atoms with Crippen LogP contribution in [0, 0.1) is 0 Å². The van der Waals surface area contributed by atoms with Gasteiger partial charge in [-0.2, -0.15) is 9.50 Å². The zero-order valence-electron chi connectivity index (χ0n) is 24.0. The number of fused-ring (bicyclic) bond motifs is 1.